The molecule has 0 saturated heterocycles. The average Bonchev–Trinajstić information content (AvgIpc) is 3.20. The van der Waals surface area contributed by atoms with Gasteiger partial charge in [0.25, 0.3) is 0 Å². The van der Waals surface area contributed by atoms with E-state index in [-0.39, 0.29) is 23.9 Å². The Kier molecular flexibility index (Phi) is 4.08. The van der Waals surface area contributed by atoms with Crippen LogP contribution in [0.3, 0.4) is 0 Å². The fraction of sp³-hybridized carbons (Fsp3) is 0.385. The maximum absolute atomic E-state index is 11.8. The lowest BCUT2D eigenvalue weighted by molar-refractivity contribution is -0.136. The normalized spacial score (nSPS) is 14.8. The van der Waals surface area contributed by atoms with Crippen LogP contribution >= 0.6 is 0 Å². The standard InChI is InChI=1S/C13H15NO5S/c15-12(6-7-13(16)17)9-2-1-3-10(8-9)14-20(18,19)11-4-5-11/h1-3,8,11,14H,4-7H2,(H,16,17). The Balaban J connectivity index is 2.07. The second-order valence-corrected chi connectivity index (χ2v) is 6.70. The van der Waals surface area contributed by atoms with E-state index in [1.165, 1.54) is 6.07 Å². The molecule has 1 saturated carbocycles. The Morgan fingerprint density at radius 2 is 1.95 bits per heavy atom. The molecule has 0 radical (unpaired) electrons. The van der Waals surface area contributed by atoms with Crippen LogP contribution in [-0.4, -0.2) is 30.5 Å². The number of benzene rings is 1. The van der Waals surface area contributed by atoms with Crippen molar-refractivity contribution in [1.29, 1.82) is 0 Å². The largest absolute Gasteiger partial charge is 0.481 e. The molecule has 2 N–H and O–H groups in total. The minimum Gasteiger partial charge on any atom is -0.481 e. The Bertz CT molecular complexity index is 634. The van der Waals surface area contributed by atoms with E-state index in [4.69, 9.17) is 5.11 Å². The predicted molar refractivity (Wildman–Crippen MR) is 73.2 cm³/mol. The van der Waals surface area contributed by atoms with Gasteiger partial charge in [0.15, 0.2) is 5.78 Å². The molecule has 6 nitrogen and oxygen atoms in total. The van der Waals surface area contributed by atoms with Crippen molar-refractivity contribution < 1.29 is 23.1 Å². The highest BCUT2D eigenvalue weighted by atomic mass is 32.2. The molecule has 0 amide bonds. The minimum absolute atomic E-state index is 0.103. The second-order valence-electron chi connectivity index (χ2n) is 4.74. The lowest BCUT2D eigenvalue weighted by Gasteiger charge is -2.08. The fourth-order valence-corrected chi connectivity index (χ4v) is 3.13. The van der Waals surface area contributed by atoms with Gasteiger partial charge in [0.1, 0.15) is 0 Å². The highest BCUT2D eigenvalue weighted by Gasteiger charge is 2.35. The van der Waals surface area contributed by atoms with Gasteiger partial charge >= 0.3 is 5.97 Å². The van der Waals surface area contributed by atoms with Gasteiger partial charge in [-0.2, -0.15) is 0 Å². The lowest BCUT2D eigenvalue weighted by atomic mass is 10.1. The summed E-state index contributed by atoms with van der Waals surface area (Å²) in [5, 5.41) is 8.20. The van der Waals surface area contributed by atoms with Gasteiger partial charge in [0.2, 0.25) is 10.0 Å². The molecular formula is C13H15NO5S. The maximum Gasteiger partial charge on any atom is 0.303 e. The van der Waals surface area contributed by atoms with Crippen LogP contribution in [0.4, 0.5) is 5.69 Å². The third kappa shape index (κ3) is 3.80. The van der Waals surface area contributed by atoms with Crippen LogP contribution in [0.1, 0.15) is 36.0 Å². The molecule has 0 bridgehead atoms. The zero-order valence-electron chi connectivity index (χ0n) is 10.7. The van der Waals surface area contributed by atoms with Crippen LogP contribution in [0.15, 0.2) is 24.3 Å². The number of hydrogen-bond acceptors (Lipinski definition) is 4. The number of hydrogen-bond donors (Lipinski definition) is 2. The first-order valence-corrected chi connectivity index (χ1v) is 7.80. The molecule has 1 aliphatic carbocycles. The van der Waals surface area contributed by atoms with Crippen LogP contribution in [0, 0.1) is 0 Å². The van der Waals surface area contributed by atoms with Gasteiger partial charge in [-0.1, -0.05) is 12.1 Å². The number of aliphatic carboxylic acids is 1. The molecule has 7 heteroatoms. The number of sulfonamides is 1. The van der Waals surface area contributed by atoms with E-state index in [1.54, 1.807) is 18.2 Å². The summed E-state index contributed by atoms with van der Waals surface area (Å²) in [6, 6.07) is 6.11. The van der Waals surface area contributed by atoms with Crippen molar-refractivity contribution in [2.45, 2.75) is 30.9 Å². The zero-order chi connectivity index (χ0) is 14.8. The fourth-order valence-electron chi connectivity index (χ4n) is 1.75. The summed E-state index contributed by atoms with van der Waals surface area (Å²) in [7, 11) is -3.36. The van der Waals surface area contributed by atoms with E-state index >= 15 is 0 Å². The van der Waals surface area contributed by atoms with E-state index < -0.39 is 16.0 Å². The summed E-state index contributed by atoms with van der Waals surface area (Å²) in [6.07, 6.45) is 0.976. The summed E-state index contributed by atoms with van der Waals surface area (Å²) >= 11 is 0. The topological polar surface area (TPSA) is 101 Å². The first-order chi connectivity index (χ1) is 9.38. The number of carbonyl (C=O) groups excluding carboxylic acids is 1. The van der Waals surface area contributed by atoms with E-state index in [1.807, 2.05) is 0 Å². The van der Waals surface area contributed by atoms with E-state index in [0.29, 0.717) is 24.1 Å². The van der Waals surface area contributed by atoms with Crippen molar-refractivity contribution in [1.82, 2.24) is 0 Å². The lowest BCUT2D eigenvalue weighted by Crippen LogP contribution is -2.17. The van der Waals surface area contributed by atoms with Gasteiger partial charge < -0.3 is 5.11 Å². The molecule has 1 aromatic carbocycles. The smallest absolute Gasteiger partial charge is 0.303 e. The van der Waals surface area contributed by atoms with Crippen LogP contribution in [-0.2, 0) is 14.8 Å². The summed E-state index contributed by atoms with van der Waals surface area (Å²) in [5.41, 5.74) is 0.639. The molecule has 0 heterocycles. The van der Waals surface area contributed by atoms with Crippen LogP contribution < -0.4 is 4.72 Å². The molecule has 0 unspecified atom stereocenters. The molecule has 1 aliphatic rings. The van der Waals surface area contributed by atoms with Gasteiger partial charge in [0.05, 0.1) is 11.7 Å². The third-order valence-corrected chi connectivity index (χ3v) is 4.84. The van der Waals surface area contributed by atoms with Gasteiger partial charge in [-0.15, -0.1) is 0 Å². The van der Waals surface area contributed by atoms with Crippen LogP contribution in [0.25, 0.3) is 0 Å². The number of nitrogens with one attached hydrogen (secondary N) is 1. The van der Waals surface area contributed by atoms with Crippen LogP contribution in [0.2, 0.25) is 0 Å². The van der Waals surface area contributed by atoms with Gasteiger partial charge in [-0.25, -0.2) is 8.42 Å². The third-order valence-electron chi connectivity index (χ3n) is 2.97. The average molecular weight is 297 g/mol. The number of carboxylic acids is 1. The highest BCUT2D eigenvalue weighted by molar-refractivity contribution is 7.93. The first kappa shape index (κ1) is 14.5. The molecule has 0 aromatic heterocycles. The quantitative estimate of drug-likeness (QED) is 0.745. The summed E-state index contributed by atoms with van der Waals surface area (Å²) < 4.78 is 26.0. The molecule has 1 aromatic rings. The summed E-state index contributed by atoms with van der Waals surface area (Å²) in [4.78, 5) is 22.2. The first-order valence-electron chi connectivity index (χ1n) is 6.25. The Morgan fingerprint density at radius 3 is 2.55 bits per heavy atom. The molecule has 20 heavy (non-hydrogen) atoms. The highest BCUT2D eigenvalue weighted by Crippen LogP contribution is 2.29. The molecule has 0 atom stereocenters. The molecule has 0 spiro atoms. The maximum atomic E-state index is 11.8. The SMILES string of the molecule is O=C(O)CCC(=O)c1cccc(NS(=O)(=O)C2CC2)c1. The van der Waals surface area contributed by atoms with Gasteiger partial charge in [-0.3, -0.25) is 14.3 Å². The number of rotatable bonds is 7. The molecule has 2 rings (SSSR count). The van der Waals surface area contributed by atoms with Gasteiger partial charge in [0, 0.05) is 17.7 Å². The van der Waals surface area contributed by atoms with Crippen molar-refractivity contribution in [3.63, 3.8) is 0 Å². The van der Waals surface area contributed by atoms with Gasteiger partial charge in [-0.05, 0) is 25.0 Å². The van der Waals surface area contributed by atoms with Crippen molar-refractivity contribution in [3.8, 4) is 0 Å². The minimum atomic E-state index is -3.36. The number of anilines is 1. The number of ketones is 1. The summed E-state index contributed by atoms with van der Waals surface area (Å²) in [6.45, 7) is 0. The molecule has 1 fully saturated rings. The van der Waals surface area contributed by atoms with Crippen LogP contribution in [0.5, 0.6) is 0 Å². The van der Waals surface area contributed by atoms with E-state index in [0.717, 1.165) is 0 Å². The monoisotopic (exact) mass is 297 g/mol. The Labute approximate surface area is 116 Å². The molecule has 0 aliphatic heterocycles. The number of Topliss-reactive ketones (excluding diaryl/α,β-unsaturated/α-hetero) is 1. The van der Waals surface area contributed by atoms with Crippen molar-refractivity contribution in [3.05, 3.63) is 29.8 Å². The molecule has 108 valence electrons. The second kappa shape index (κ2) is 5.62. The number of carboxylic acid groups (broad SMARTS) is 1. The van der Waals surface area contributed by atoms with Crippen molar-refractivity contribution in [2.75, 3.05) is 4.72 Å². The van der Waals surface area contributed by atoms with E-state index in [2.05, 4.69) is 4.72 Å². The molecular weight excluding hydrogens is 282 g/mol. The Morgan fingerprint density at radius 1 is 1.25 bits per heavy atom. The van der Waals surface area contributed by atoms with Crippen molar-refractivity contribution >= 4 is 27.5 Å². The zero-order valence-corrected chi connectivity index (χ0v) is 11.5. The predicted octanol–water partition coefficient (Wildman–Crippen LogP) is 1.64. The Hall–Kier alpha value is -1.89. The summed E-state index contributed by atoms with van der Waals surface area (Å²) in [5.74, 6) is -1.36. The van der Waals surface area contributed by atoms with E-state index in [9.17, 15) is 18.0 Å². The van der Waals surface area contributed by atoms with Crippen molar-refractivity contribution in [2.24, 2.45) is 0 Å². The number of carbonyl (C=O) groups is 2.